The van der Waals surface area contributed by atoms with Gasteiger partial charge in [0.25, 0.3) is 5.69 Å². The number of methoxy groups -OCH3 is 1. The van der Waals surface area contributed by atoms with Crippen molar-refractivity contribution in [1.82, 2.24) is 0 Å². The van der Waals surface area contributed by atoms with Crippen molar-refractivity contribution in [3.8, 4) is 5.75 Å². The summed E-state index contributed by atoms with van der Waals surface area (Å²) in [4.78, 5) is 23.0. The largest absolute Gasteiger partial charge is 0.495 e. The summed E-state index contributed by atoms with van der Waals surface area (Å²) in [6, 6.07) is 10.6. The molecule has 0 heterocycles. The quantitative estimate of drug-likeness (QED) is 0.570. The number of carbonyl (C=O) groups excluding carboxylic acids is 1. The number of nitrogens with one attached hydrogen (secondary N) is 1. The first-order valence-corrected chi connectivity index (χ1v) is 9.67. The third kappa shape index (κ3) is 4.73. The molecule has 2 rings (SSSR count). The molecule has 0 aliphatic carbocycles. The third-order valence-corrected chi connectivity index (χ3v) is 4.99. The van der Waals surface area contributed by atoms with E-state index in [0.717, 1.165) is 16.6 Å². The molecule has 9 nitrogen and oxygen atoms in total. The molecule has 0 saturated carbocycles. The third-order valence-electron chi connectivity index (χ3n) is 3.75. The minimum atomic E-state index is -3.89. The molecule has 1 atom stereocenters. The van der Waals surface area contributed by atoms with Gasteiger partial charge in [0.1, 0.15) is 11.8 Å². The lowest BCUT2D eigenvalue weighted by molar-refractivity contribution is -0.384. The number of benzene rings is 2. The number of non-ortho nitro benzene ring substituents is 1. The highest BCUT2D eigenvalue weighted by molar-refractivity contribution is 7.92. The van der Waals surface area contributed by atoms with Gasteiger partial charge in [0, 0.05) is 12.1 Å². The molecular weight excluding hydrogens is 374 g/mol. The molecule has 27 heavy (non-hydrogen) atoms. The maximum Gasteiger partial charge on any atom is 0.271 e. The number of hydrogen-bond acceptors (Lipinski definition) is 6. The van der Waals surface area contributed by atoms with Gasteiger partial charge in [0.15, 0.2) is 0 Å². The average molecular weight is 393 g/mol. The monoisotopic (exact) mass is 393 g/mol. The Morgan fingerprint density at radius 1 is 1.22 bits per heavy atom. The molecule has 1 amide bonds. The van der Waals surface area contributed by atoms with Crippen LogP contribution in [0.2, 0.25) is 0 Å². The lowest BCUT2D eigenvalue weighted by Gasteiger charge is -2.28. The summed E-state index contributed by atoms with van der Waals surface area (Å²) in [7, 11) is -2.45. The maximum absolute atomic E-state index is 12.7. The summed E-state index contributed by atoms with van der Waals surface area (Å²) < 4.78 is 30.6. The lowest BCUT2D eigenvalue weighted by Crippen LogP contribution is -2.45. The number of nitrogens with zero attached hydrogens (tertiary/aromatic N) is 2. The van der Waals surface area contributed by atoms with Gasteiger partial charge in [0.05, 0.1) is 29.7 Å². The van der Waals surface area contributed by atoms with Crippen LogP contribution >= 0.6 is 0 Å². The van der Waals surface area contributed by atoms with Crippen molar-refractivity contribution in [2.45, 2.75) is 13.0 Å². The molecule has 0 unspecified atom stereocenters. The van der Waals surface area contributed by atoms with Crippen LogP contribution < -0.4 is 14.4 Å². The van der Waals surface area contributed by atoms with Crippen molar-refractivity contribution in [2.24, 2.45) is 0 Å². The van der Waals surface area contributed by atoms with Crippen molar-refractivity contribution in [1.29, 1.82) is 0 Å². The molecule has 0 saturated heterocycles. The van der Waals surface area contributed by atoms with Crippen LogP contribution in [-0.2, 0) is 14.8 Å². The second-order valence-electron chi connectivity index (χ2n) is 5.70. The molecule has 0 bridgehead atoms. The van der Waals surface area contributed by atoms with E-state index in [1.54, 1.807) is 24.3 Å². The number of nitro benzene ring substituents is 1. The lowest BCUT2D eigenvalue weighted by atomic mass is 10.2. The van der Waals surface area contributed by atoms with Crippen molar-refractivity contribution in [2.75, 3.05) is 23.0 Å². The van der Waals surface area contributed by atoms with Crippen molar-refractivity contribution < 1.29 is 22.9 Å². The van der Waals surface area contributed by atoms with Crippen molar-refractivity contribution >= 4 is 33.0 Å². The number of hydrogen-bond donors (Lipinski definition) is 1. The van der Waals surface area contributed by atoms with E-state index in [4.69, 9.17) is 4.74 Å². The Hall–Kier alpha value is -3.14. The van der Waals surface area contributed by atoms with E-state index in [0.29, 0.717) is 11.4 Å². The Labute approximate surface area is 156 Å². The van der Waals surface area contributed by atoms with Gasteiger partial charge >= 0.3 is 0 Å². The second-order valence-corrected chi connectivity index (χ2v) is 7.56. The van der Waals surface area contributed by atoms with Gasteiger partial charge in [-0.1, -0.05) is 18.2 Å². The molecule has 0 fully saturated rings. The zero-order valence-corrected chi connectivity index (χ0v) is 15.8. The first kappa shape index (κ1) is 20.2. The fraction of sp³-hybridized carbons (Fsp3) is 0.235. The molecule has 1 N–H and O–H groups in total. The standard InChI is InChI=1S/C17H19N3O6S/c1-12(17(21)18-15-9-4-5-10-16(15)26-2)19(27(3,24)25)13-7-6-8-14(11-13)20(22)23/h4-12H,1-3H3,(H,18,21)/t12-/m1/s1. The molecule has 0 aromatic heterocycles. The molecule has 0 radical (unpaired) electrons. The summed E-state index contributed by atoms with van der Waals surface area (Å²) in [5.41, 5.74) is 0.122. The van der Waals surface area contributed by atoms with Crippen LogP contribution in [0.5, 0.6) is 5.75 Å². The highest BCUT2D eigenvalue weighted by Crippen LogP contribution is 2.27. The van der Waals surface area contributed by atoms with Gasteiger partial charge in [-0.25, -0.2) is 8.42 Å². The van der Waals surface area contributed by atoms with E-state index < -0.39 is 26.9 Å². The maximum atomic E-state index is 12.7. The molecule has 0 spiro atoms. The first-order chi connectivity index (χ1) is 12.6. The predicted octanol–water partition coefficient (Wildman–Crippen LogP) is 2.40. The van der Waals surface area contributed by atoms with Crippen LogP contribution in [-0.4, -0.2) is 38.7 Å². The molecular formula is C17H19N3O6S. The SMILES string of the molecule is COc1ccccc1NC(=O)[C@@H](C)N(c1cccc([N+](=O)[O-])c1)S(C)(=O)=O. The first-order valence-electron chi connectivity index (χ1n) is 7.83. The van der Waals surface area contributed by atoms with E-state index in [2.05, 4.69) is 5.32 Å². The molecule has 2 aromatic carbocycles. The predicted molar refractivity (Wildman–Crippen MR) is 102 cm³/mol. The Kier molecular flexibility index (Phi) is 6.01. The van der Waals surface area contributed by atoms with E-state index in [1.165, 1.54) is 32.2 Å². The summed E-state index contributed by atoms with van der Waals surface area (Å²) >= 11 is 0. The molecule has 2 aromatic rings. The van der Waals surface area contributed by atoms with E-state index >= 15 is 0 Å². The Balaban J connectivity index is 2.38. The van der Waals surface area contributed by atoms with Gasteiger partial charge in [0.2, 0.25) is 15.9 Å². The van der Waals surface area contributed by atoms with Crippen LogP contribution in [0.3, 0.4) is 0 Å². The summed E-state index contributed by atoms with van der Waals surface area (Å²) in [6.07, 6.45) is 0.929. The Morgan fingerprint density at radius 2 is 1.89 bits per heavy atom. The Morgan fingerprint density at radius 3 is 2.48 bits per heavy atom. The van der Waals surface area contributed by atoms with E-state index in [9.17, 15) is 23.3 Å². The fourth-order valence-electron chi connectivity index (χ4n) is 2.54. The van der Waals surface area contributed by atoms with Crippen molar-refractivity contribution in [3.63, 3.8) is 0 Å². The molecule has 0 aliphatic heterocycles. The van der Waals surface area contributed by atoms with Crippen LogP contribution in [0.1, 0.15) is 6.92 Å². The van der Waals surface area contributed by atoms with Gasteiger partial charge in [-0.2, -0.15) is 0 Å². The summed E-state index contributed by atoms with van der Waals surface area (Å²) in [6.45, 7) is 1.39. The van der Waals surface area contributed by atoms with E-state index in [-0.39, 0.29) is 11.4 Å². The normalized spacial score (nSPS) is 12.1. The molecule has 0 aliphatic rings. The second kappa shape index (κ2) is 8.04. The highest BCUT2D eigenvalue weighted by atomic mass is 32.2. The zero-order chi connectivity index (χ0) is 20.2. The number of carbonyl (C=O) groups is 1. The summed E-state index contributed by atoms with van der Waals surface area (Å²) in [5.74, 6) is -0.198. The topological polar surface area (TPSA) is 119 Å². The molecule has 10 heteroatoms. The van der Waals surface area contributed by atoms with Gasteiger partial charge in [-0.15, -0.1) is 0 Å². The van der Waals surface area contributed by atoms with Crippen LogP contribution in [0, 0.1) is 10.1 Å². The van der Waals surface area contributed by atoms with Crippen molar-refractivity contribution in [3.05, 3.63) is 58.6 Å². The van der Waals surface area contributed by atoms with Gasteiger partial charge < -0.3 is 10.1 Å². The minimum absolute atomic E-state index is 0.0226. The number of rotatable bonds is 7. The smallest absolute Gasteiger partial charge is 0.271 e. The minimum Gasteiger partial charge on any atom is -0.495 e. The number of anilines is 2. The number of para-hydroxylation sites is 2. The summed E-state index contributed by atoms with van der Waals surface area (Å²) in [5, 5.41) is 13.6. The number of amides is 1. The Bertz CT molecular complexity index is 961. The van der Waals surface area contributed by atoms with E-state index in [1.807, 2.05) is 0 Å². The number of sulfonamides is 1. The zero-order valence-electron chi connectivity index (χ0n) is 14.9. The number of nitro groups is 1. The average Bonchev–Trinajstić information content (AvgIpc) is 2.61. The van der Waals surface area contributed by atoms with Gasteiger partial charge in [-0.3, -0.25) is 19.2 Å². The highest BCUT2D eigenvalue weighted by Gasteiger charge is 2.30. The van der Waals surface area contributed by atoms with Crippen LogP contribution in [0.15, 0.2) is 48.5 Å². The van der Waals surface area contributed by atoms with Gasteiger partial charge in [-0.05, 0) is 25.1 Å². The number of ether oxygens (including phenoxy) is 1. The fourth-order valence-corrected chi connectivity index (χ4v) is 3.70. The molecule has 144 valence electrons. The van der Waals surface area contributed by atoms with Crippen LogP contribution in [0.4, 0.5) is 17.1 Å². The van der Waals surface area contributed by atoms with Crippen LogP contribution in [0.25, 0.3) is 0 Å².